The smallest absolute Gasteiger partial charge is 0 e. The van der Waals surface area contributed by atoms with Gasteiger partial charge in [0, 0.05) is 32.7 Å². The monoisotopic (exact) mass is 149 g/mol. The molecule has 0 aromatic rings. The van der Waals surface area contributed by atoms with Gasteiger partial charge in [-0.2, -0.15) is 6.90 Å². The molecule has 0 aliphatic heterocycles. The van der Waals surface area contributed by atoms with Crippen molar-refractivity contribution in [2.45, 2.75) is 6.90 Å². The molecule has 0 saturated heterocycles. The predicted molar refractivity (Wildman–Crippen MR) is 18.2 cm³/mol. The van der Waals surface area contributed by atoms with Crippen LogP contribution in [0.2, 0.25) is 0 Å². The normalized spacial score (nSPS) is 5.20. The van der Waals surface area contributed by atoms with Gasteiger partial charge in [0.1, 0.15) is 0 Å². The second-order valence-electron chi connectivity index (χ2n) is 0.250. The molecule has 0 aromatic heterocycles. The molecule has 0 saturated carbocycles. The van der Waals surface area contributed by atoms with Crippen molar-refractivity contribution >= 4 is 0 Å². The van der Waals surface area contributed by atoms with E-state index in [2.05, 4.69) is 12.7 Å². The van der Waals surface area contributed by atoms with Crippen LogP contribution in [0.15, 0.2) is 6.58 Å². The van der Waals surface area contributed by atoms with E-state index >= 15 is 0 Å². The number of allylic oxidation sites excluding steroid dienone is 1. The van der Waals surface area contributed by atoms with E-state index in [9.17, 15) is 0 Å². The molecule has 0 aliphatic carbocycles. The molecule has 2 heteroatoms. The first-order valence-corrected chi connectivity index (χ1v) is 0.707. The molecule has 0 unspecified atom stereocenters. The van der Waals surface area contributed by atoms with E-state index in [0.717, 1.165) is 0 Å². The van der Waals surface area contributed by atoms with E-state index in [1.807, 2.05) is 0 Å². The molecule has 0 atom stereocenters. The van der Waals surface area contributed by atoms with Crippen LogP contribution in [0, 0.1) is 6.08 Å². The van der Waals surface area contributed by atoms with Gasteiger partial charge in [-0.1, -0.05) is 0 Å². The first kappa shape index (κ1) is 9.26. The summed E-state index contributed by atoms with van der Waals surface area (Å²) >= 11 is 0. The van der Waals surface area contributed by atoms with Gasteiger partial charge in [0.05, 0.1) is 0 Å². The second kappa shape index (κ2) is 21.4. The zero-order valence-electron chi connectivity index (χ0n) is 3.99. The van der Waals surface area contributed by atoms with Crippen LogP contribution in [0.4, 0.5) is 0 Å². The Balaban J connectivity index is -0.0000000450. The summed E-state index contributed by atoms with van der Waals surface area (Å²) in [7, 11) is 0. The molecule has 0 rings (SSSR count). The fourth-order valence-corrected chi connectivity index (χ4v) is 0. The molecule has 0 bridgehead atoms. The van der Waals surface area contributed by atoms with Gasteiger partial charge >= 0.3 is 0 Å². The van der Waals surface area contributed by atoms with E-state index in [0.29, 0.717) is 0 Å². The Bertz CT molecular complexity index is 24.8. The summed E-state index contributed by atoms with van der Waals surface area (Å²) in [6.07, 6.45) is 2.35. The second-order valence-corrected chi connectivity index (χ2v) is 0.250. The van der Waals surface area contributed by atoms with Crippen LogP contribution in [0.1, 0.15) is 8.27 Å². The maximum absolute atomic E-state index is 6.28. The van der Waals surface area contributed by atoms with Crippen molar-refractivity contribution < 1.29 is 39.6 Å². The quantitative estimate of drug-likeness (QED) is 0.439. The molecule has 1 radical (unpaired) electrons. The molecule has 0 fully saturated rings. The topological polar surface area (TPSA) is 31.5 Å². The molecule has 2 N–H and O–H groups in total. The van der Waals surface area contributed by atoms with Crippen LogP contribution in [0.25, 0.3) is 0 Å². The Labute approximate surface area is 59.0 Å². The Morgan fingerprint density at radius 2 is 2.20 bits per heavy atom. The summed E-state index contributed by atoms with van der Waals surface area (Å²) in [5.74, 6) is 0. The Morgan fingerprint density at radius 1 is 2.00 bits per heavy atom. The SMILES string of the molecule is O.[2H]C[C-]=C.[Y]. The number of hydrogen-bond donors (Lipinski definition) is 0. The van der Waals surface area contributed by atoms with E-state index in [1.165, 1.54) is 0 Å². The van der Waals surface area contributed by atoms with Gasteiger partial charge in [0.25, 0.3) is 0 Å². The van der Waals surface area contributed by atoms with Crippen LogP contribution in [0.3, 0.4) is 0 Å². The third-order valence-electron chi connectivity index (χ3n) is 0. The van der Waals surface area contributed by atoms with Crippen LogP contribution in [-0.4, -0.2) is 5.48 Å². The van der Waals surface area contributed by atoms with E-state index in [4.69, 9.17) is 1.37 Å². The summed E-state index contributed by atoms with van der Waals surface area (Å²) in [4.78, 5) is 0. The van der Waals surface area contributed by atoms with Crippen LogP contribution in [0.5, 0.6) is 0 Å². The third kappa shape index (κ3) is 58.4. The number of rotatable bonds is 0. The minimum absolute atomic E-state index is 0. The summed E-state index contributed by atoms with van der Waals surface area (Å²) in [6.45, 7) is 3.38. The van der Waals surface area contributed by atoms with Crippen molar-refractivity contribution in [3.05, 3.63) is 12.7 Å². The van der Waals surface area contributed by atoms with Crippen molar-refractivity contribution in [1.29, 1.82) is 0 Å². The summed E-state index contributed by atoms with van der Waals surface area (Å²) in [5.41, 5.74) is 0. The predicted octanol–water partition coefficient (Wildman–Crippen LogP) is 0.168. The number of hydrogen-bond acceptors (Lipinski definition) is 0. The Morgan fingerprint density at radius 3 is 2.20 bits per heavy atom. The first-order chi connectivity index (χ1) is 1.91. The van der Waals surface area contributed by atoms with Gasteiger partial charge in [-0.3, -0.25) is 6.58 Å². The van der Waals surface area contributed by atoms with Gasteiger partial charge < -0.3 is 11.6 Å². The van der Waals surface area contributed by atoms with Crippen LogP contribution >= 0.6 is 0 Å². The van der Waals surface area contributed by atoms with Gasteiger partial charge in [0.2, 0.25) is 0 Å². The molecule has 0 aliphatic rings. The summed E-state index contributed by atoms with van der Waals surface area (Å²) in [5, 5.41) is 0. The molecule has 0 heterocycles. The first-order valence-electron chi connectivity index (χ1n) is 1.41. The average Bonchev–Trinajstić information content (AvgIpc) is 1.37. The zero-order valence-corrected chi connectivity index (χ0v) is 5.83. The third-order valence-corrected chi connectivity index (χ3v) is 0. The minimum atomic E-state index is 0. The zero-order chi connectivity index (χ0) is 3.41. The van der Waals surface area contributed by atoms with Crippen LogP contribution < -0.4 is 0 Å². The van der Waals surface area contributed by atoms with Crippen LogP contribution in [-0.2, 0) is 32.7 Å². The summed E-state index contributed by atoms with van der Waals surface area (Å²) in [6, 6.07) is 0. The fourth-order valence-electron chi connectivity index (χ4n) is 0. The fraction of sp³-hybridized carbons (Fsp3) is 0.333. The molecule has 0 spiro atoms. The standard InChI is InChI=1S/C3H5.H2O.Y/c1-3-2;;/h1H2,2H3;1H2;/q-1;;/i2D;;. The molecule has 29 valence electrons. The van der Waals surface area contributed by atoms with Gasteiger partial charge in [0.15, 0.2) is 0 Å². The van der Waals surface area contributed by atoms with Gasteiger partial charge in [-0.05, 0) is 1.37 Å². The molecule has 1 nitrogen and oxygen atoms in total. The largest absolute Gasteiger partial charge is 0.507 e. The van der Waals surface area contributed by atoms with Crippen molar-refractivity contribution in [2.75, 3.05) is 0 Å². The minimum Gasteiger partial charge on any atom is -0.507 e. The van der Waals surface area contributed by atoms with Crippen molar-refractivity contribution in [2.24, 2.45) is 0 Å². The average molecular weight is 149 g/mol. The van der Waals surface area contributed by atoms with Crippen molar-refractivity contribution in [3.8, 4) is 0 Å². The van der Waals surface area contributed by atoms with E-state index in [-0.39, 0.29) is 45.1 Å². The molecular weight excluding hydrogens is 141 g/mol. The summed E-state index contributed by atoms with van der Waals surface area (Å²) < 4.78 is 6.28. The Kier molecular flexibility index (Phi) is 39.5. The maximum atomic E-state index is 6.28. The Hall–Kier alpha value is 0.804. The van der Waals surface area contributed by atoms with Gasteiger partial charge in [-0.25, -0.2) is 0 Å². The van der Waals surface area contributed by atoms with Crippen molar-refractivity contribution in [1.82, 2.24) is 0 Å². The van der Waals surface area contributed by atoms with Gasteiger partial charge in [-0.15, -0.1) is 0 Å². The van der Waals surface area contributed by atoms with E-state index < -0.39 is 0 Å². The van der Waals surface area contributed by atoms with E-state index in [1.54, 1.807) is 0 Å². The molecular formula is C3H7OY-. The molecule has 0 aromatic carbocycles. The maximum Gasteiger partial charge on any atom is 0 e. The van der Waals surface area contributed by atoms with Crippen molar-refractivity contribution in [3.63, 3.8) is 0 Å². The molecule has 0 amide bonds. The molecule has 5 heavy (non-hydrogen) atoms.